The lowest BCUT2D eigenvalue weighted by atomic mass is 9.54. The Morgan fingerprint density at radius 2 is 1.88 bits per heavy atom. The molecule has 0 heterocycles. The number of ether oxygens (including phenoxy) is 1. The lowest BCUT2D eigenvalue weighted by Gasteiger charge is -2.50. The predicted octanol–water partition coefficient (Wildman–Crippen LogP) is 7.45. The van der Waals surface area contributed by atoms with Gasteiger partial charge >= 0.3 is 5.97 Å². The molecule has 184 valence electrons. The zero-order chi connectivity index (χ0) is 24.1. The number of esters is 1. The van der Waals surface area contributed by atoms with Crippen LogP contribution in [0.4, 0.5) is 0 Å². The van der Waals surface area contributed by atoms with Crippen molar-refractivity contribution in [3.05, 3.63) is 22.8 Å². The number of carbonyl (C=O) groups excluding carboxylic acids is 2. The fraction of sp³-hybridized carbons (Fsp3) is 0.800. The molecule has 0 radical (unpaired) electrons. The predicted molar refractivity (Wildman–Crippen MR) is 134 cm³/mol. The van der Waals surface area contributed by atoms with Crippen LogP contribution in [0.2, 0.25) is 0 Å². The number of ketones is 1. The summed E-state index contributed by atoms with van der Waals surface area (Å²) in [5, 5.41) is 0. The van der Waals surface area contributed by atoms with Gasteiger partial charge in [0.05, 0.1) is 0 Å². The highest BCUT2D eigenvalue weighted by atomic mass is 16.5. The smallest absolute Gasteiger partial charge is 0.302 e. The van der Waals surface area contributed by atoms with Crippen LogP contribution < -0.4 is 0 Å². The maximum atomic E-state index is 14.1. The molecule has 0 aromatic heterocycles. The molecule has 4 rings (SSSR count). The fourth-order valence-corrected chi connectivity index (χ4v) is 7.94. The Morgan fingerprint density at radius 1 is 1.15 bits per heavy atom. The zero-order valence-corrected chi connectivity index (χ0v) is 22.1. The van der Waals surface area contributed by atoms with Gasteiger partial charge < -0.3 is 4.74 Å². The second kappa shape index (κ2) is 9.00. The van der Waals surface area contributed by atoms with E-state index in [2.05, 4.69) is 47.6 Å². The van der Waals surface area contributed by atoms with E-state index in [0.717, 1.165) is 61.9 Å². The zero-order valence-electron chi connectivity index (χ0n) is 22.1. The van der Waals surface area contributed by atoms with Crippen LogP contribution in [0.5, 0.6) is 0 Å². The highest BCUT2D eigenvalue weighted by Crippen LogP contribution is 2.59. The lowest BCUT2D eigenvalue weighted by Crippen LogP contribution is -2.45. The molecule has 0 aliphatic heterocycles. The number of Topliss-reactive ketones (excluding diaryl/α,β-unsaturated/α-hetero) is 1. The maximum Gasteiger partial charge on any atom is 0.302 e. The van der Waals surface area contributed by atoms with Crippen LogP contribution in [0.3, 0.4) is 0 Å². The van der Waals surface area contributed by atoms with E-state index in [-0.39, 0.29) is 22.9 Å². The van der Waals surface area contributed by atoms with E-state index >= 15 is 0 Å². The molecule has 0 unspecified atom stereocenters. The van der Waals surface area contributed by atoms with Gasteiger partial charge in [-0.25, -0.2) is 0 Å². The third-order valence-electron chi connectivity index (χ3n) is 10.6. The molecule has 4 aliphatic rings. The molecule has 0 spiro atoms. The van der Waals surface area contributed by atoms with Crippen LogP contribution in [0.15, 0.2) is 22.8 Å². The molecule has 0 amide bonds. The van der Waals surface area contributed by atoms with Crippen LogP contribution in [-0.4, -0.2) is 17.9 Å². The summed E-state index contributed by atoms with van der Waals surface area (Å²) in [4.78, 5) is 25.6. The first-order valence-electron chi connectivity index (χ1n) is 13.6. The molecule has 2 saturated carbocycles. The number of allylic oxidation sites excluding steroid dienone is 3. The third kappa shape index (κ3) is 4.27. The van der Waals surface area contributed by atoms with E-state index in [1.54, 1.807) is 0 Å². The van der Waals surface area contributed by atoms with E-state index in [1.165, 1.54) is 37.3 Å². The van der Waals surface area contributed by atoms with Crippen molar-refractivity contribution >= 4 is 11.8 Å². The van der Waals surface area contributed by atoms with Crippen LogP contribution in [0.1, 0.15) is 106 Å². The number of rotatable bonds is 5. The molecule has 4 aliphatic carbocycles. The van der Waals surface area contributed by atoms with Crippen molar-refractivity contribution in [3.63, 3.8) is 0 Å². The average molecular weight is 455 g/mol. The summed E-state index contributed by atoms with van der Waals surface area (Å²) in [5.74, 6) is 3.67. The molecule has 0 saturated heterocycles. The largest absolute Gasteiger partial charge is 0.462 e. The Kier molecular flexibility index (Phi) is 6.75. The molecule has 7 atom stereocenters. The summed E-state index contributed by atoms with van der Waals surface area (Å²) in [6.45, 7) is 15.7. The molecule has 0 N–H and O–H groups in total. The molecule has 0 aromatic rings. The van der Waals surface area contributed by atoms with Gasteiger partial charge in [-0.2, -0.15) is 0 Å². The van der Waals surface area contributed by atoms with E-state index in [4.69, 9.17) is 4.74 Å². The summed E-state index contributed by atoms with van der Waals surface area (Å²) in [6.07, 6.45) is 11.6. The van der Waals surface area contributed by atoms with Crippen molar-refractivity contribution in [1.82, 2.24) is 0 Å². The minimum atomic E-state index is -0.204. The summed E-state index contributed by atoms with van der Waals surface area (Å²) >= 11 is 0. The molecule has 33 heavy (non-hydrogen) atoms. The van der Waals surface area contributed by atoms with Gasteiger partial charge in [0.25, 0.3) is 0 Å². The molecular formula is C30H46O3. The average Bonchev–Trinajstić information content (AvgIpc) is 3.11. The molecule has 0 aromatic carbocycles. The van der Waals surface area contributed by atoms with Crippen molar-refractivity contribution < 1.29 is 14.3 Å². The van der Waals surface area contributed by atoms with Gasteiger partial charge in [0.2, 0.25) is 0 Å². The van der Waals surface area contributed by atoms with Crippen LogP contribution in [0.25, 0.3) is 0 Å². The summed E-state index contributed by atoms with van der Waals surface area (Å²) in [7, 11) is 0. The molecule has 0 bridgehead atoms. The second-order valence-corrected chi connectivity index (χ2v) is 12.7. The number of carbonyl (C=O) groups is 2. The van der Waals surface area contributed by atoms with Gasteiger partial charge in [0.15, 0.2) is 5.78 Å². The topological polar surface area (TPSA) is 43.4 Å². The van der Waals surface area contributed by atoms with Crippen molar-refractivity contribution in [2.45, 2.75) is 112 Å². The minimum Gasteiger partial charge on any atom is -0.462 e. The molecule has 2 fully saturated rings. The third-order valence-corrected chi connectivity index (χ3v) is 10.6. The van der Waals surface area contributed by atoms with Gasteiger partial charge in [0.1, 0.15) is 6.10 Å². The quantitative estimate of drug-likeness (QED) is 0.320. The fourth-order valence-electron chi connectivity index (χ4n) is 7.94. The van der Waals surface area contributed by atoms with E-state index in [0.29, 0.717) is 17.6 Å². The first-order chi connectivity index (χ1) is 15.5. The first-order valence-corrected chi connectivity index (χ1v) is 13.6. The SMILES string of the molecule is CC(=O)O[C@H]1CC[C@@]2(C)C(=CCC3=C2CC[C@](C)([C@@H]2CC[C@H](C[C@H](C)C(C)C)[C@H]2C)C3=O)C1. The van der Waals surface area contributed by atoms with E-state index in [9.17, 15) is 9.59 Å². The monoisotopic (exact) mass is 454 g/mol. The van der Waals surface area contributed by atoms with Crippen molar-refractivity contribution in [1.29, 1.82) is 0 Å². The highest BCUT2D eigenvalue weighted by molar-refractivity contribution is 6.02. The van der Waals surface area contributed by atoms with E-state index < -0.39 is 0 Å². The Bertz CT molecular complexity index is 864. The van der Waals surface area contributed by atoms with Crippen molar-refractivity contribution in [3.8, 4) is 0 Å². The van der Waals surface area contributed by atoms with Crippen LogP contribution >= 0.6 is 0 Å². The number of hydrogen-bond donors (Lipinski definition) is 0. The standard InChI is InChI=1S/C30H46O3/c1-18(2)19(3)16-22-8-11-26(20(22)4)30(7)15-13-27-25(28(30)32)10-9-23-17-24(33-21(5)31)12-14-29(23,27)6/h9,18-20,22,24,26H,8,10-17H2,1-7H3/t19-,20+,22+,24-,26+,29-,30+/m0/s1. The second-order valence-electron chi connectivity index (χ2n) is 12.7. The van der Waals surface area contributed by atoms with Gasteiger partial charge in [-0.1, -0.05) is 58.8 Å². The van der Waals surface area contributed by atoms with Gasteiger partial charge in [-0.15, -0.1) is 0 Å². The minimum absolute atomic E-state index is 0.00182. The molecular weight excluding hydrogens is 408 g/mol. The lowest BCUT2D eigenvalue weighted by molar-refractivity contribution is -0.147. The van der Waals surface area contributed by atoms with Gasteiger partial charge in [-0.05, 0) is 86.5 Å². The Morgan fingerprint density at radius 3 is 2.55 bits per heavy atom. The Hall–Kier alpha value is -1.38. The normalized spacial score (nSPS) is 39.8. The van der Waals surface area contributed by atoms with Crippen LogP contribution in [0, 0.1) is 40.4 Å². The Balaban J connectivity index is 1.52. The van der Waals surface area contributed by atoms with Crippen LogP contribution in [-0.2, 0) is 14.3 Å². The summed E-state index contributed by atoms with van der Waals surface area (Å²) < 4.78 is 5.54. The van der Waals surface area contributed by atoms with E-state index in [1.807, 2.05) is 0 Å². The summed E-state index contributed by atoms with van der Waals surface area (Å²) in [6, 6.07) is 0. The Labute approximate surface area is 201 Å². The van der Waals surface area contributed by atoms with Crippen molar-refractivity contribution in [2.24, 2.45) is 40.4 Å². The van der Waals surface area contributed by atoms with Gasteiger partial charge in [-0.3, -0.25) is 9.59 Å². The summed E-state index contributed by atoms with van der Waals surface area (Å²) in [5.41, 5.74) is 3.72. The number of fused-ring (bicyclic) bond motifs is 2. The highest BCUT2D eigenvalue weighted by Gasteiger charge is 2.53. The first kappa shape index (κ1) is 24.7. The van der Waals surface area contributed by atoms with Crippen molar-refractivity contribution in [2.75, 3.05) is 0 Å². The maximum absolute atomic E-state index is 14.1. The molecule has 3 heteroatoms. The molecule has 3 nitrogen and oxygen atoms in total. The van der Waals surface area contributed by atoms with Gasteiger partial charge in [0, 0.05) is 24.2 Å². The number of hydrogen-bond acceptors (Lipinski definition) is 3.